The van der Waals surface area contributed by atoms with E-state index in [1.165, 1.54) is 6.07 Å². The van der Waals surface area contributed by atoms with Gasteiger partial charge in [-0.1, -0.05) is 17.3 Å². The molecule has 5 rings (SSSR count). The van der Waals surface area contributed by atoms with E-state index in [2.05, 4.69) is 20.0 Å². The van der Waals surface area contributed by atoms with Gasteiger partial charge in [-0.3, -0.25) is 9.59 Å². The first-order chi connectivity index (χ1) is 14.8. The number of fused-ring (bicyclic) bond motifs is 1. The zero-order valence-corrected chi connectivity index (χ0v) is 16.3. The van der Waals surface area contributed by atoms with E-state index in [0.717, 1.165) is 18.4 Å². The van der Waals surface area contributed by atoms with Crippen LogP contribution in [0.25, 0.3) is 11.4 Å². The molecule has 0 radical (unpaired) electrons. The lowest BCUT2D eigenvalue weighted by Crippen LogP contribution is -2.56. The van der Waals surface area contributed by atoms with Gasteiger partial charge in [-0.2, -0.15) is 18.2 Å². The van der Waals surface area contributed by atoms with Gasteiger partial charge in [0.1, 0.15) is 0 Å². The van der Waals surface area contributed by atoms with Crippen LogP contribution >= 0.6 is 0 Å². The predicted octanol–water partition coefficient (Wildman–Crippen LogP) is 2.39. The van der Waals surface area contributed by atoms with Gasteiger partial charge in [-0.15, -0.1) is 0 Å². The summed E-state index contributed by atoms with van der Waals surface area (Å²) in [7, 11) is 0. The maximum Gasteiger partial charge on any atom is 0.471 e. The number of benzene rings is 1. The topological polar surface area (TPSA) is 97.6 Å². The molecule has 3 heterocycles. The standard InChI is InChI=1S/C20H19F3N4O4/c21-20(22,23)19-25-16(26-31-19)11-3-4-12-8-27(18(29)13(12)7-11)15-5-6-30-9-14(15)24-17(28)10-1-2-10/h3-4,7,10,14-15H,1-2,5-6,8-9H2,(H,24,28)/t14-,15-/m1/s1. The number of rotatable bonds is 4. The van der Waals surface area contributed by atoms with Crippen molar-refractivity contribution in [2.45, 2.75) is 44.1 Å². The fraction of sp³-hybridized carbons (Fsp3) is 0.500. The summed E-state index contributed by atoms with van der Waals surface area (Å²) in [5.41, 5.74) is 1.40. The van der Waals surface area contributed by atoms with Gasteiger partial charge >= 0.3 is 12.1 Å². The van der Waals surface area contributed by atoms with E-state index in [4.69, 9.17) is 4.74 Å². The fourth-order valence-electron chi connectivity index (χ4n) is 4.07. The number of hydrogen-bond acceptors (Lipinski definition) is 6. The minimum atomic E-state index is -4.74. The van der Waals surface area contributed by atoms with E-state index in [-0.39, 0.29) is 41.2 Å². The number of carbonyl (C=O) groups excluding carboxylic acids is 2. The summed E-state index contributed by atoms with van der Waals surface area (Å²) in [5.74, 6) is -1.87. The first-order valence-corrected chi connectivity index (χ1v) is 10.0. The predicted molar refractivity (Wildman–Crippen MR) is 98.5 cm³/mol. The molecule has 2 fully saturated rings. The first kappa shape index (κ1) is 20.0. The van der Waals surface area contributed by atoms with Crippen LogP contribution in [0.2, 0.25) is 0 Å². The average Bonchev–Trinajstić information content (AvgIpc) is 3.38. The van der Waals surface area contributed by atoms with Crippen molar-refractivity contribution >= 4 is 11.8 Å². The van der Waals surface area contributed by atoms with Crippen LogP contribution in [0.15, 0.2) is 22.7 Å². The third-order valence-corrected chi connectivity index (χ3v) is 5.86. The van der Waals surface area contributed by atoms with Crippen molar-refractivity contribution in [2.75, 3.05) is 13.2 Å². The summed E-state index contributed by atoms with van der Waals surface area (Å²) in [5, 5.41) is 6.40. The molecule has 0 spiro atoms. The molecule has 1 aliphatic carbocycles. The van der Waals surface area contributed by atoms with Crippen molar-refractivity contribution in [1.82, 2.24) is 20.4 Å². The molecule has 8 nitrogen and oxygen atoms in total. The minimum Gasteiger partial charge on any atom is -0.379 e. The van der Waals surface area contributed by atoms with Gasteiger partial charge < -0.3 is 19.5 Å². The zero-order chi connectivity index (χ0) is 21.8. The molecule has 2 aromatic rings. The van der Waals surface area contributed by atoms with E-state index in [1.54, 1.807) is 17.0 Å². The number of ether oxygens (including phenoxy) is 1. The molecule has 3 aliphatic rings. The number of nitrogens with zero attached hydrogens (tertiary/aromatic N) is 3. The van der Waals surface area contributed by atoms with E-state index in [0.29, 0.717) is 31.7 Å². The van der Waals surface area contributed by atoms with Crippen LogP contribution in [0.5, 0.6) is 0 Å². The second-order valence-electron chi connectivity index (χ2n) is 8.05. The second-order valence-corrected chi connectivity index (χ2v) is 8.05. The van der Waals surface area contributed by atoms with Gasteiger partial charge in [0.05, 0.1) is 18.7 Å². The lowest BCUT2D eigenvalue weighted by molar-refractivity contribution is -0.159. The van der Waals surface area contributed by atoms with Gasteiger partial charge in [-0.25, -0.2) is 0 Å². The molecule has 164 valence electrons. The molecular weight excluding hydrogens is 417 g/mol. The van der Waals surface area contributed by atoms with Crippen molar-refractivity contribution in [3.8, 4) is 11.4 Å². The Bertz CT molecular complexity index is 1030. The summed E-state index contributed by atoms with van der Waals surface area (Å²) in [6.07, 6.45) is -2.39. The SMILES string of the molecule is O=C(N[C@@H]1COCC[C@H]1N1Cc2ccc(-c3noc(C(F)(F)F)n3)cc2C1=O)C1CC1. The summed E-state index contributed by atoms with van der Waals surface area (Å²) in [6.45, 7) is 1.17. The Morgan fingerprint density at radius 1 is 1.23 bits per heavy atom. The normalized spacial score (nSPS) is 23.7. The fourth-order valence-corrected chi connectivity index (χ4v) is 4.07. The van der Waals surface area contributed by atoms with Crippen molar-refractivity contribution in [3.05, 3.63) is 35.2 Å². The largest absolute Gasteiger partial charge is 0.471 e. The molecule has 1 aromatic heterocycles. The lowest BCUT2D eigenvalue weighted by atomic mass is 10.0. The van der Waals surface area contributed by atoms with Crippen molar-refractivity contribution in [2.24, 2.45) is 5.92 Å². The average molecular weight is 436 g/mol. The number of carbonyl (C=O) groups is 2. The number of aromatic nitrogens is 2. The van der Waals surface area contributed by atoms with Crippen LogP contribution in [-0.2, 0) is 22.3 Å². The summed E-state index contributed by atoms with van der Waals surface area (Å²) in [6, 6.07) is 4.22. The maximum atomic E-state index is 13.1. The van der Waals surface area contributed by atoms with Crippen LogP contribution in [-0.4, -0.2) is 52.2 Å². The van der Waals surface area contributed by atoms with Crippen LogP contribution in [0.1, 0.15) is 41.1 Å². The highest BCUT2D eigenvalue weighted by Crippen LogP contribution is 2.34. The lowest BCUT2D eigenvalue weighted by Gasteiger charge is -2.38. The van der Waals surface area contributed by atoms with Gasteiger partial charge in [0, 0.05) is 30.2 Å². The monoisotopic (exact) mass is 436 g/mol. The Morgan fingerprint density at radius 2 is 2.03 bits per heavy atom. The molecule has 1 N–H and O–H groups in total. The minimum absolute atomic E-state index is 0.00970. The molecule has 0 bridgehead atoms. The molecule has 0 unspecified atom stereocenters. The van der Waals surface area contributed by atoms with Gasteiger partial charge in [-0.05, 0) is 30.9 Å². The molecule has 1 aromatic carbocycles. The Hall–Kier alpha value is -2.95. The summed E-state index contributed by atoms with van der Waals surface area (Å²) >= 11 is 0. The van der Waals surface area contributed by atoms with Crippen LogP contribution in [0, 0.1) is 5.92 Å². The maximum absolute atomic E-state index is 13.1. The van der Waals surface area contributed by atoms with Crippen molar-refractivity contribution in [1.29, 1.82) is 0 Å². The highest BCUT2D eigenvalue weighted by Gasteiger charge is 2.41. The molecule has 1 saturated heterocycles. The summed E-state index contributed by atoms with van der Waals surface area (Å²) < 4.78 is 48.0. The second kappa shape index (κ2) is 7.33. The molecule has 2 aliphatic heterocycles. The van der Waals surface area contributed by atoms with Gasteiger partial charge in [0.15, 0.2) is 0 Å². The van der Waals surface area contributed by atoms with Crippen molar-refractivity contribution < 1.29 is 32.0 Å². The van der Waals surface area contributed by atoms with E-state index < -0.39 is 12.1 Å². The van der Waals surface area contributed by atoms with Crippen LogP contribution in [0.3, 0.4) is 0 Å². The van der Waals surface area contributed by atoms with E-state index >= 15 is 0 Å². The van der Waals surface area contributed by atoms with E-state index in [1.807, 2.05) is 0 Å². The van der Waals surface area contributed by atoms with Gasteiger partial charge in [0.2, 0.25) is 11.7 Å². The van der Waals surface area contributed by atoms with Crippen LogP contribution < -0.4 is 5.32 Å². The Labute approximate surface area is 174 Å². The number of amides is 2. The molecule has 31 heavy (non-hydrogen) atoms. The molecular formula is C20H19F3N4O4. The Morgan fingerprint density at radius 3 is 2.74 bits per heavy atom. The van der Waals surface area contributed by atoms with Crippen LogP contribution in [0.4, 0.5) is 13.2 Å². The van der Waals surface area contributed by atoms with E-state index in [9.17, 15) is 22.8 Å². The molecule has 2 atom stereocenters. The van der Waals surface area contributed by atoms with Crippen molar-refractivity contribution in [3.63, 3.8) is 0 Å². The Balaban J connectivity index is 1.37. The first-order valence-electron chi connectivity index (χ1n) is 10.0. The molecule has 2 amide bonds. The van der Waals surface area contributed by atoms with Gasteiger partial charge in [0.25, 0.3) is 5.91 Å². The smallest absolute Gasteiger partial charge is 0.379 e. The Kier molecular flexibility index (Phi) is 4.72. The zero-order valence-electron chi connectivity index (χ0n) is 16.3. The highest BCUT2D eigenvalue weighted by molar-refractivity contribution is 5.99. The quantitative estimate of drug-likeness (QED) is 0.791. The number of alkyl halides is 3. The molecule has 11 heteroatoms. The number of nitrogens with one attached hydrogen (secondary N) is 1. The molecule has 1 saturated carbocycles. The summed E-state index contributed by atoms with van der Waals surface area (Å²) in [4.78, 5) is 30.5. The number of halogens is 3. The third kappa shape index (κ3) is 3.78. The third-order valence-electron chi connectivity index (χ3n) is 5.86. The number of hydrogen-bond donors (Lipinski definition) is 1. The highest BCUT2D eigenvalue weighted by atomic mass is 19.4.